The standard InChI is InChI=1S/C6H14N2.C4H8O/c1-6(2)5-7-3-4-8-6;5-4-2-1-3-4/h7-8H,3-5H2,1-2H3;4-5H,1-3H2. The quantitative estimate of drug-likeness (QED) is 0.516. The third-order valence-electron chi connectivity index (χ3n) is 2.55. The number of hydrogen-bond acceptors (Lipinski definition) is 3. The average Bonchev–Trinajstić information content (AvgIpc) is 2.01. The molecule has 3 heteroatoms. The van der Waals surface area contributed by atoms with Gasteiger partial charge in [0.25, 0.3) is 0 Å². The van der Waals surface area contributed by atoms with Crippen molar-refractivity contribution in [3.05, 3.63) is 0 Å². The van der Waals surface area contributed by atoms with Gasteiger partial charge < -0.3 is 15.7 Å². The lowest BCUT2D eigenvalue weighted by molar-refractivity contribution is 0.0950. The molecule has 2 aliphatic rings. The van der Waals surface area contributed by atoms with E-state index in [0.29, 0.717) is 5.54 Å². The largest absolute Gasteiger partial charge is 0.393 e. The monoisotopic (exact) mass is 186 g/mol. The fourth-order valence-electron chi connectivity index (χ4n) is 1.34. The van der Waals surface area contributed by atoms with Gasteiger partial charge in [0.15, 0.2) is 0 Å². The van der Waals surface area contributed by atoms with Crippen LogP contribution in [-0.4, -0.2) is 36.4 Å². The first-order valence-corrected chi connectivity index (χ1v) is 5.24. The Kier molecular flexibility index (Phi) is 4.16. The molecule has 1 aliphatic carbocycles. The summed E-state index contributed by atoms with van der Waals surface area (Å²) < 4.78 is 0. The zero-order valence-corrected chi connectivity index (χ0v) is 8.77. The molecule has 0 atom stereocenters. The summed E-state index contributed by atoms with van der Waals surface area (Å²) in [6.45, 7) is 7.72. The Morgan fingerprint density at radius 3 is 2.00 bits per heavy atom. The van der Waals surface area contributed by atoms with Gasteiger partial charge in [0, 0.05) is 25.2 Å². The maximum atomic E-state index is 8.45. The van der Waals surface area contributed by atoms with E-state index in [1.807, 2.05) is 0 Å². The molecule has 0 aromatic heterocycles. The molecule has 0 spiro atoms. The Morgan fingerprint density at radius 2 is 1.85 bits per heavy atom. The molecular weight excluding hydrogens is 164 g/mol. The Labute approximate surface area is 80.9 Å². The minimum atomic E-state index is 0.0648. The number of hydrogen-bond donors (Lipinski definition) is 3. The normalized spacial score (nSPS) is 27.0. The SMILES string of the molecule is CC1(C)CNCCN1.OC1CCC1. The van der Waals surface area contributed by atoms with Crippen molar-refractivity contribution in [1.29, 1.82) is 0 Å². The Hall–Kier alpha value is -0.120. The van der Waals surface area contributed by atoms with Crippen molar-refractivity contribution in [3.8, 4) is 0 Å². The highest BCUT2D eigenvalue weighted by atomic mass is 16.3. The van der Waals surface area contributed by atoms with Gasteiger partial charge in [-0.3, -0.25) is 0 Å². The maximum absolute atomic E-state index is 8.45. The van der Waals surface area contributed by atoms with Gasteiger partial charge in [-0.25, -0.2) is 0 Å². The molecule has 0 radical (unpaired) electrons. The molecule has 0 amide bonds. The molecule has 3 nitrogen and oxygen atoms in total. The fraction of sp³-hybridized carbons (Fsp3) is 1.00. The molecule has 0 bridgehead atoms. The van der Waals surface area contributed by atoms with Crippen molar-refractivity contribution in [2.45, 2.75) is 44.8 Å². The first-order valence-electron chi connectivity index (χ1n) is 5.24. The van der Waals surface area contributed by atoms with Gasteiger partial charge in [-0.1, -0.05) is 0 Å². The summed E-state index contributed by atoms with van der Waals surface area (Å²) in [6.07, 6.45) is 3.39. The summed E-state index contributed by atoms with van der Waals surface area (Å²) in [7, 11) is 0. The van der Waals surface area contributed by atoms with Crippen LogP contribution in [0.25, 0.3) is 0 Å². The molecule has 0 aromatic rings. The molecule has 2 fully saturated rings. The van der Waals surface area contributed by atoms with E-state index in [9.17, 15) is 0 Å². The van der Waals surface area contributed by atoms with E-state index in [1.165, 1.54) is 6.42 Å². The molecular formula is C10H22N2O. The number of piperazine rings is 1. The van der Waals surface area contributed by atoms with Crippen molar-refractivity contribution in [3.63, 3.8) is 0 Å². The zero-order chi connectivity index (χ0) is 9.73. The topological polar surface area (TPSA) is 44.3 Å². The minimum absolute atomic E-state index is 0.0648. The van der Waals surface area contributed by atoms with Gasteiger partial charge in [-0.05, 0) is 33.1 Å². The second-order valence-electron chi connectivity index (χ2n) is 4.57. The van der Waals surface area contributed by atoms with Gasteiger partial charge in [0.05, 0.1) is 6.10 Å². The molecule has 1 heterocycles. The highest BCUT2D eigenvalue weighted by molar-refractivity contribution is 4.83. The Balaban J connectivity index is 0.000000145. The lowest BCUT2D eigenvalue weighted by Crippen LogP contribution is -2.55. The number of rotatable bonds is 0. The van der Waals surface area contributed by atoms with Crippen LogP contribution in [0.15, 0.2) is 0 Å². The predicted octanol–water partition coefficient (Wildman–Crippen LogP) is 0.489. The van der Waals surface area contributed by atoms with Crippen LogP contribution in [-0.2, 0) is 0 Å². The number of aliphatic hydroxyl groups is 1. The maximum Gasteiger partial charge on any atom is 0.0540 e. The third-order valence-corrected chi connectivity index (χ3v) is 2.55. The highest BCUT2D eigenvalue weighted by Crippen LogP contribution is 2.16. The van der Waals surface area contributed by atoms with Crippen LogP contribution in [0.4, 0.5) is 0 Å². The number of nitrogens with one attached hydrogen (secondary N) is 2. The summed E-state index contributed by atoms with van der Waals surface area (Å²) in [5.74, 6) is 0. The molecule has 0 aromatic carbocycles. The van der Waals surface area contributed by atoms with Gasteiger partial charge >= 0.3 is 0 Å². The van der Waals surface area contributed by atoms with Crippen molar-refractivity contribution in [1.82, 2.24) is 10.6 Å². The molecule has 1 saturated carbocycles. The van der Waals surface area contributed by atoms with Gasteiger partial charge in [-0.15, -0.1) is 0 Å². The van der Waals surface area contributed by atoms with E-state index in [1.54, 1.807) is 0 Å². The first kappa shape index (κ1) is 11.0. The summed E-state index contributed by atoms with van der Waals surface area (Å²) in [5.41, 5.74) is 0.318. The second kappa shape index (κ2) is 4.94. The summed E-state index contributed by atoms with van der Waals surface area (Å²) >= 11 is 0. The summed E-state index contributed by atoms with van der Waals surface area (Å²) in [4.78, 5) is 0. The van der Waals surface area contributed by atoms with E-state index in [2.05, 4.69) is 24.5 Å². The van der Waals surface area contributed by atoms with Crippen molar-refractivity contribution in [2.75, 3.05) is 19.6 Å². The minimum Gasteiger partial charge on any atom is -0.393 e. The third kappa shape index (κ3) is 4.60. The molecule has 78 valence electrons. The summed E-state index contributed by atoms with van der Waals surface area (Å²) in [5, 5.41) is 15.2. The van der Waals surface area contributed by atoms with Crippen molar-refractivity contribution in [2.24, 2.45) is 0 Å². The van der Waals surface area contributed by atoms with Gasteiger partial charge in [-0.2, -0.15) is 0 Å². The second-order valence-corrected chi connectivity index (χ2v) is 4.57. The van der Waals surface area contributed by atoms with E-state index in [-0.39, 0.29) is 6.10 Å². The van der Waals surface area contributed by atoms with Crippen molar-refractivity contribution >= 4 is 0 Å². The molecule has 1 saturated heterocycles. The Bertz CT molecular complexity index is 136. The molecule has 3 N–H and O–H groups in total. The lowest BCUT2D eigenvalue weighted by atomic mass is 9.97. The van der Waals surface area contributed by atoms with Crippen LogP contribution >= 0.6 is 0 Å². The van der Waals surface area contributed by atoms with Crippen molar-refractivity contribution < 1.29 is 5.11 Å². The van der Waals surface area contributed by atoms with E-state index < -0.39 is 0 Å². The summed E-state index contributed by atoms with van der Waals surface area (Å²) in [6, 6.07) is 0. The van der Waals surface area contributed by atoms with E-state index in [0.717, 1.165) is 32.5 Å². The van der Waals surface area contributed by atoms with Crippen LogP contribution in [0.2, 0.25) is 0 Å². The fourth-order valence-corrected chi connectivity index (χ4v) is 1.34. The van der Waals surface area contributed by atoms with E-state index in [4.69, 9.17) is 5.11 Å². The van der Waals surface area contributed by atoms with Crippen LogP contribution in [0.5, 0.6) is 0 Å². The average molecular weight is 186 g/mol. The molecule has 0 unspecified atom stereocenters. The smallest absolute Gasteiger partial charge is 0.0540 e. The zero-order valence-electron chi connectivity index (χ0n) is 8.77. The van der Waals surface area contributed by atoms with Crippen LogP contribution in [0.1, 0.15) is 33.1 Å². The Morgan fingerprint density at radius 1 is 1.23 bits per heavy atom. The molecule has 13 heavy (non-hydrogen) atoms. The molecule has 2 rings (SSSR count). The first-order chi connectivity index (χ1) is 6.10. The lowest BCUT2D eigenvalue weighted by Gasteiger charge is -2.31. The van der Waals surface area contributed by atoms with Crippen LogP contribution in [0.3, 0.4) is 0 Å². The van der Waals surface area contributed by atoms with Gasteiger partial charge in [0.2, 0.25) is 0 Å². The van der Waals surface area contributed by atoms with E-state index >= 15 is 0 Å². The van der Waals surface area contributed by atoms with Crippen LogP contribution in [0, 0.1) is 0 Å². The predicted molar refractivity (Wildman–Crippen MR) is 54.8 cm³/mol. The van der Waals surface area contributed by atoms with Gasteiger partial charge in [0.1, 0.15) is 0 Å². The number of aliphatic hydroxyl groups excluding tert-OH is 1. The highest BCUT2D eigenvalue weighted by Gasteiger charge is 2.18. The van der Waals surface area contributed by atoms with Crippen LogP contribution < -0.4 is 10.6 Å². The molecule has 1 aliphatic heterocycles.